The van der Waals surface area contributed by atoms with Crippen LogP contribution in [0.25, 0.3) is 0 Å². The first-order chi connectivity index (χ1) is 12.5. The first-order valence-corrected chi connectivity index (χ1v) is 9.23. The molecule has 1 aromatic carbocycles. The third-order valence-corrected chi connectivity index (χ3v) is 4.92. The molecule has 0 saturated heterocycles. The van der Waals surface area contributed by atoms with Gasteiger partial charge in [-0.3, -0.25) is 30.1 Å². The van der Waals surface area contributed by atoms with E-state index in [0.717, 1.165) is 23.3 Å². The average molecular weight is 374 g/mol. The molecule has 0 aromatic heterocycles. The highest BCUT2D eigenvalue weighted by atomic mass is 32.1. The van der Waals surface area contributed by atoms with Crippen molar-refractivity contribution in [1.82, 2.24) is 21.1 Å². The van der Waals surface area contributed by atoms with E-state index in [1.807, 2.05) is 0 Å². The van der Waals surface area contributed by atoms with Gasteiger partial charge in [-0.25, -0.2) is 0 Å². The SMILES string of the molecule is O=C(CCN1C(=O)Cc2ccccc2C1=O)NNC(=S)NC1CCCC1. The van der Waals surface area contributed by atoms with Crippen LogP contribution in [0.4, 0.5) is 0 Å². The Morgan fingerprint density at radius 1 is 1.15 bits per heavy atom. The Bertz CT molecular complexity index is 731. The lowest BCUT2D eigenvalue weighted by molar-refractivity contribution is -0.129. The van der Waals surface area contributed by atoms with E-state index in [1.54, 1.807) is 24.3 Å². The maximum atomic E-state index is 12.4. The molecule has 0 spiro atoms. The molecule has 138 valence electrons. The van der Waals surface area contributed by atoms with Crippen molar-refractivity contribution in [3.8, 4) is 0 Å². The van der Waals surface area contributed by atoms with Crippen molar-refractivity contribution in [2.45, 2.75) is 44.6 Å². The number of nitrogens with zero attached hydrogens (tertiary/aromatic N) is 1. The second kappa shape index (κ2) is 8.27. The van der Waals surface area contributed by atoms with Crippen LogP contribution in [-0.4, -0.2) is 40.3 Å². The predicted octanol–water partition coefficient (Wildman–Crippen LogP) is 1.04. The van der Waals surface area contributed by atoms with Gasteiger partial charge in [0.05, 0.1) is 6.42 Å². The highest BCUT2D eigenvalue weighted by molar-refractivity contribution is 7.80. The number of hydrogen-bond donors (Lipinski definition) is 3. The lowest BCUT2D eigenvalue weighted by atomic mass is 9.98. The van der Waals surface area contributed by atoms with Crippen molar-refractivity contribution in [3.05, 3.63) is 35.4 Å². The topological polar surface area (TPSA) is 90.5 Å². The third-order valence-electron chi connectivity index (χ3n) is 4.70. The minimum absolute atomic E-state index is 0.0126. The van der Waals surface area contributed by atoms with Gasteiger partial charge in [0.15, 0.2) is 5.11 Å². The van der Waals surface area contributed by atoms with Crippen LogP contribution < -0.4 is 16.2 Å². The number of fused-ring (bicyclic) bond motifs is 1. The largest absolute Gasteiger partial charge is 0.359 e. The zero-order valence-electron chi connectivity index (χ0n) is 14.4. The highest BCUT2D eigenvalue weighted by Crippen LogP contribution is 2.19. The van der Waals surface area contributed by atoms with Crippen LogP contribution in [0.3, 0.4) is 0 Å². The Hall–Kier alpha value is -2.48. The molecule has 3 amide bonds. The summed E-state index contributed by atoms with van der Waals surface area (Å²) in [6, 6.07) is 7.40. The van der Waals surface area contributed by atoms with Gasteiger partial charge in [0.25, 0.3) is 5.91 Å². The van der Waals surface area contributed by atoms with E-state index in [0.29, 0.717) is 16.7 Å². The van der Waals surface area contributed by atoms with Crippen LogP contribution in [0.1, 0.15) is 48.0 Å². The van der Waals surface area contributed by atoms with Crippen LogP contribution in [0.2, 0.25) is 0 Å². The number of carbonyl (C=O) groups excluding carboxylic acids is 3. The Balaban J connectivity index is 1.44. The van der Waals surface area contributed by atoms with Gasteiger partial charge in [0, 0.05) is 24.6 Å². The summed E-state index contributed by atoms with van der Waals surface area (Å²) in [4.78, 5) is 37.7. The van der Waals surface area contributed by atoms with Crippen molar-refractivity contribution in [1.29, 1.82) is 0 Å². The smallest absolute Gasteiger partial charge is 0.260 e. The maximum Gasteiger partial charge on any atom is 0.260 e. The Morgan fingerprint density at radius 3 is 2.65 bits per heavy atom. The molecular formula is C18H22N4O3S. The second-order valence-corrected chi connectivity index (χ2v) is 6.97. The second-order valence-electron chi connectivity index (χ2n) is 6.56. The zero-order chi connectivity index (χ0) is 18.5. The van der Waals surface area contributed by atoms with E-state index in [2.05, 4.69) is 16.2 Å². The standard InChI is InChI=1S/C18H22N4O3S/c23-15(20-21-18(26)19-13-6-2-3-7-13)9-10-22-16(24)11-12-5-1-4-8-14(12)17(22)25/h1,4-5,8,13H,2-3,6-7,9-11H2,(H,20,23)(H2,19,21,26). The van der Waals surface area contributed by atoms with Gasteiger partial charge in [-0.1, -0.05) is 31.0 Å². The fraction of sp³-hybridized carbons (Fsp3) is 0.444. The molecule has 7 nitrogen and oxygen atoms in total. The van der Waals surface area contributed by atoms with Crippen molar-refractivity contribution < 1.29 is 14.4 Å². The highest BCUT2D eigenvalue weighted by Gasteiger charge is 2.30. The number of carbonyl (C=O) groups is 3. The summed E-state index contributed by atoms with van der Waals surface area (Å²) in [7, 11) is 0. The summed E-state index contributed by atoms with van der Waals surface area (Å²) in [5.74, 6) is -0.969. The quantitative estimate of drug-likeness (QED) is 0.414. The minimum atomic E-state index is -0.351. The van der Waals surface area contributed by atoms with Gasteiger partial charge in [-0.2, -0.15) is 0 Å². The molecule has 1 fully saturated rings. The Kier molecular flexibility index (Phi) is 5.82. The molecular weight excluding hydrogens is 352 g/mol. The van der Waals surface area contributed by atoms with Crippen LogP contribution in [0.5, 0.6) is 0 Å². The van der Waals surface area contributed by atoms with Gasteiger partial charge >= 0.3 is 0 Å². The first kappa shape index (κ1) is 18.3. The normalized spacial score (nSPS) is 17.0. The van der Waals surface area contributed by atoms with Crippen molar-refractivity contribution in [2.75, 3.05) is 6.54 Å². The number of hydrogen-bond acceptors (Lipinski definition) is 4. The lowest BCUT2D eigenvalue weighted by Gasteiger charge is -2.26. The molecule has 0 unspecified atom stereocenters. The summed E-state index contributed by atoms with van der Waals surface area (Å²) in [5.41, 5.74) is 6.42. The fourth-order valence-corrected chi connectivity index (χ4v) is 3.54. The molecule has 0 atom stereocenters. The van der Waals surface area contributed by atoms with Gasteiger partial charge < -0.3 is 5.32 Å². The van der Waals surface area contributed by atoms with Crippen molar-refractivity contribution >= 4 is 35.1 Å². The number of imide groups is 1. The van der Waals surface area contributed by atoms with Crippen molar-refractivity contribution in [3.63, 3.8) is 0 Å². The minimum Gasteiger partial charge on any atom is -0.359 e. The van der Waals surface area contributed by atoms with E-state index >= 15 is 0 Å². The number of hydrazine groups is 1. The molecule has 1 heterocycles. The molecule has 0 bridgehead atoms. The van der Waals surface area contributed by atoms with E-state index in [4.69, 9.17) is 12.2 Å². The van der Waals surface area contributed by atoms with Crippen LogP contribution >= 0.6 is 12.2 Å². The molecule has 0 radical (unpaired) electrons. The summed E-state index contributed by atoms with van der Waals surface area (Å²) in [6.07, 6.45) is 4.73. The Labute approximate surface area is 157 Å². The molecule has 3 rings (SSSR count). The van der Waals surface area contributed by atoms with Crippen LogP contribution in [0, 0.1) is 0 Å². The fourth-order valence-electron chi connectivity index (χ4n) is 3.32. The zero-order valence-corrected chi connectivity index (χ0v) is 15.2. The van der Waals surface area contributed by atoms with E-state index < -0.39 is 0 Å². The molecule has 3 N–H and O–H groups in total. The molecule has 1 saturated carbocycles. The van der Waals surface area contributed by atoms with Gasteiger partial charge in [0.1, 0.15) is 0 Å². The molecule has 2 aliphatic rings. The third kappa shape index (κ3) is 4.37. The lowest BCUT2D eigenvalue weighted by Crippen LogP contribution is -2.50. The van der Waals surface area contributed by atoms with E-state index in [-0.39, 0.29) is 37.1 Å². The molecule has 1 aromatic rings. The maximum absolute atomic E-state index is 12.4. The van der Waals surface area contributed by atoms with Crippen molar-refractivity contribution in [2.24, 2.45) is 0 Å². The van der Waals surface area contributed by atoms with Gasteiger partial charge in [-0.05, 0) is 36.7 Å². The average Bonchev–Trinajstić information content (AvgIpc) is 3.12. The molecule has 8 heteroatoms. The van der Waals surface area contributed by atoms with Crippen LogP contribution in [-0.2, 0) is 16.0 Å². The molecule has 26 heavy (non-hydrogen) atoms. The Morgan fingerprint density at radius 2 is 1.88 bits per heavy atom. The summed E-state index contributed by atoms with van der Waals surface area (Å²) < 4.78 is 0. The van der Waals surface area contributed by atoms with Gasteiger partial charge in [0.2, 0.25) is 11.8 Å². The number of benzene rings is 1. The molecule has 1 aliphatic heterocycles. The number of amides is 3. The monoisotopic (exact) mass is 374 g/mol. The summed E-state index contributed by atoms with van der Waals surface area (Å²) >= 11 is 5.14. The first-order valence-electron chi connectivity index (χ1n) is 8.82. The summed E-state index contributed by atoms with van der Waals surface area (Å²) in [6.45, 7) is 0.0440. The summed E-state index contributed by atoms with van der Waals surface area (Å²) in [5, 5.41) is 3.53. The van der Waals surface area contributed by atoms with E-state index in [1.165, 1.54) is 12.8 Å². The number of thiocarbonyl (C=S) groups is 1. The van der Waals surface area contributed by atoms with Gasteiger partial charge in [-0.15, -0.1) is 0 Å². The number of rotatable bonds is 4. The predicted molar refractivity (Wildman–Crippen MR) is 100 cm³/mol. The molecule has 1 aliphatic carbocycles. The van der Waals surface area contributed by atoms with E-state index in [9.17, 15) is 14.4 Å². The van der Waals surface area contributed by atoms with Crippen LogP contribution in [0.15, 0.2) is 24.3 Å². The number of nitrogens with one attached hydrogen (secondary N) is 3.